The zero-order valence-electron chi connectivity index (χ0n) is 23.1. The average molecular weight is 566 g/mol. The van der Waals surface area contributed by atoms with Gasteiger partial charge in [0.1, 0.15) is 6.07 Å². The standard InChI is InChI=1S/C28H31N5O8/c1-5-38-23-13-18(7-9-21(23)40-12-11-29)15-30-33-24(34)16-41-20-10-8-19(14-22(20)37-4)26-25(27(35)39-6-2)17(3)31-28(36)32-26/h7-10,13-15,26H,5-6,12,16H2,1-4H3,(H,33,34)(H2,31,32,36)/b30-15-/t26-/m1/s1. The number of esters is 1. The van der Waals surface area contributed by atoms with Crippen LogP contribution in [-0.2, 0) is 14.3 Å². The van der Waals surface area contributed by atoms with E-state index in [1.165, 1.54) is 13.3 Å². The lowest BCUT2D eigenvalue weighted by atomic mass is 9.95. The van der Waals surface area contributed by atoms with Gasteiger partial charge in [-0.15, -0.1) is 0 Å². The second kappa shape index (κ2) is 14.8. The van der Waals surface area contributed by atoms with Gasteiger partial charge in [0.25, 0.3) is 5.91 Å². The molecule has 1 heterocycles. The van der Waals surface area contributed by atoms with Gasteiger partial charge in [0.15, 0.2) is 36.2 Å². The summed E-state index contributed by atoms with van der Waals surface area (Å²) in [6.07, 6.45) is 1.42. The van der Waals surface area contributed by atoms with Crippen LogP contribution in [0.5, 0.6) is 23.0 Å². The van der Waals surface area contributed by atoms with Crippen LogP contribution in [-0.4, -0.2) is 57.7 Å². The maximum atomic E-state index is 12.6. The Hall–Kier alpha value is -5.25. The second-order valence-electron chi connectivity index (χ2n) is 8.37. The molecule has 41 heavy (non-hydrogen) atoms. The predicted octanol–water partition coefficient (Wildman–Crippen LogP) is 2.72. The molecule has 0 saturated heterocycles. The molecule has 2 aromatic carbocycles. The van der Waals surface area contributed by atoms with Crippen LogP contribution in [0.25, 0.3) is 0 Å². The minimum Gasteiger partial charge on any atom is -0.493 e. The Morgan fingerprint density at radius 1 is 1.05 bits per heavy atom. The molecule has 1 atom stereocenters. The number of nitriles is 1. The SMILES string of the molecule is CCOC(=O)C1=C(C)NC(=O)N[C@@H]1c1ccc(OCC(=O)N/N=C\c2ccc(OCC#N)c(OCC)c2)c(OC)c1. The molecular formula is C28H31N5O8. The van der Waals surface area contributed by atoms with E-state index in [-0.39, 0.29) is 36.9 Å². The normalized spacial score (nSPS) is 14.4. The Labute approximate surface area is 237 Å². The molecule has 13 nitrogen and oxygen atoms in total. The summed E-state index contributed by atoms with van der Waals surface area (Å²) in [6.45, 7) is 5.23. The third kappa shape index (κ3) is 8.12. The third-order valence-corrected chi connectivity index (χ3v) is 5.61. The van der Waals surface area contributed by atoms with Crippen molar-refractivity contribution in [3.63, 3.8) is 0 Å². The Balaban J connectivity index is 1.65. The molecule has 0 fully saturated rings. The van der Waals surface area contributed by atoms with Crippen molar-refractivity contribution in [2.75, 3.05) is 33.5 Å². The van der Waals surface area contributed by atoms with E-state index in [2.05, 4.69) is 21.2 Å². The fourth-order valence-electron chi connectivity index (χ4n) is 3.86. The van der Waals surface area contributed by atoms with Gasteiger partial charge in [-0.25, -0.2) is 15.0 Å². The number of rotatable bonds is 13. The highest BCUT2D eigenvalue weighted by molar-refractivity contribution is 5.95. The number of nitrogens with zero attached hydrogens (tertiary/aromatic N) is 2. The van der Waals surface area contributed by atoms with E-state index in [1.54, 1.807) is 50.2 Å². The van der Waals surface area contributed by atoms with Crippen LogP contribution < -0.4 is 35.0 Å². The minimum atomic E-state index is -0.779. The molecule has 3 N–H and O–H groups in total. The van der Waals surface area contributed by atoms with Crippen molar-refractivity contribution in [1.82, 2.24) is 16.1 Å². The van der Waals surface area contributed by atoms with Gasteiger partial charge in [-0.2, -0.15) is 10.4 Å². The van der Waals surface area contributed by atoms with Crippen LogP contribution in [0.3, 0.4) is 0 Å². The van der Waals surface area contributed by atoms with Crippen LogP contribution in [0, 0.1) is 11.3 Å². The van der Waals surface area contributed by atoms with Crippen molar-refractivity contribution >= 4 is 24.1 Å². The van der Waals surface area contributed by atoms with E-state index in [0.717, 1.165) is 0 Å². The van der Waals surface area contributed by atoms with Gasteiger partial charge in [-0.3, -0.25) is 4.79 Å². The number of carbonyl (C=O) groups is 3. The van der Waals surface area contributed by atoms with Crippen LogP contribution >= 0.6 is 0 Å². The summed E-state index contributed by atoms with van der Waals surface area (Å²) >= 11 is 0. The van der Waals surface area contributed by atoms with Crippen molar-refractivity contribution < 1.29 is 38.1 Å². The number of hydrogen-bond donors (Lipinski definition) is 3. The summed E-state index contributed by atoms with van der Waals surface area (Å²) in [5.74, 6) is 0.337. The molecule has 13 heteroatoms. The maximum absolute atomic E-state index is 12.6. The molecule has 3 rings (SSSR count). The number of methoxy groups -OCH3 is 1. The van der Waals surface area contributed by atoms with Crippen molar-refractivity contribution in [3.05, 3.63) is 58.8 Å². The first-order valence-corrected chi connectivity index (χ1v) is 12.7. The van der Waals surface area contributed by atoms with Gasteiger partial charge >= 0.3 is 12.0 Å². The largest absolute Gasteiger partial charge is 0.493 e. The van der Waals surface area contributed by atoms with Gasteiger partial charge in [-0.1, -0.05) is 6.07 Å². The van der Waals surface area contributed by atoms with E-state index in [1.807, 2.05) is 13.0 Å². The van der Waals surface area contributed by atoms with E-state index in [9.17, 15) is 14.4 Å². The van der Waals surface area contributed by atoms with Crippen molar-refractivity contribution in [2.24, 2.45) is 5.10 Å². The molecular weight excluding hydrogens is 534 g/mol. The summed E-state index contributed by atoms with van der Waals surface area (Å²) < 4.78 is 27.1. The zero-order valence-corrected chi connectivity index (χ0v) is 23.1. The topological polar surface area (TPSA) is 170 Å². The van der Waals surface area contributed by atoms with Crippen molar-refractivity contribution in [2.45, 2.75) is 26.8 Å². The zero-order chi connectivity index (χ0) is 29.8. The molecule has 0 spiro atoms. The average Bonchev–Trinajstić information content (AvgIpc) is 2.95. The molecule has 1 aliphatic rings. The van der Waals surface area contributed by atoms with Gasteiger partial charge in [0.2, 0.25) is 0 Å². The summed E-state index contributed by atoms with van der Waals surface area (Å²) in [6, 6.07) is 10.5. The number of nitrogens with one attached hydrogen (secondary N) is 3. The Morgan fingerprint density at radius 3 is 2.51 bits per heavy atom. The summed E-state index contributed by atoms with van der Waals surface area (Å²) in [4.78, 5) is 37.0. The van der Waals surface area contributed by atoms with Crippen molar-refractivity contribution in [1.29, 1.82) is 5.26 Å². The highest BCUT2D eigenvalue weighted by atomic mass is 16.5. The number of carbonyl (C=O) groups excluding carboxylic acids is 3. The first-order chi connectivity index (χ1) is 19.8. The Bertz CT molecular complexity index is 1380. The van der Waals surface area contributed by atoms with Gasteiger partial charge in [-0.05, 0) is 62.2 Å². The molecule has 0 bridgehead atoms. The molecule has 0 unspecified atom stereocenters. The van der Waals surface area contributed by atoms with Gasteiger partial charge in [0.05, 0.1) is 38.2 Å². The van der Waals surface area contributed by atoms with E-state index >= 15 is 0 Å². The number of hydrazone groups is 1. The van der Waals surface area contributed by atoms with Crippen LogP contribution in [0.4, 0.5) is 4.79 Å². The minimum absolute atomic E-state index is 0.114. The molecule has 0 aliphatic carbocycles. The lowest BCUT2D eigenvalue weighted by Crippen LogP contribution is -2.45. The third-order valence-electron chi connectivity index (χ3n) is 5.61. The fourth-order valence-corrected chi connectivity index (χ4v) is 3.86. The van der Waals surface area contributed by atoms with Gasteiger partial charge < -0.3 is 34.3 Å². The molecule has 216 valence electrons. The maximum Gasteiger partial charge on any atom is 0.338 e. The number of allylic oxidation sites excluding steroid dienone is 1. The number of amides is 3. The van der Waals surface area contributed by atoms with Crippen molar-refractivity contribution in [3.8, 4) is 29.1 Å². The first-order valence-electron chi connectivity index (χ1n) is 12.7. The predicted molar refractivity (Wildman–Crippen MR) is 147 cm³/mol. The summed E-state index contributed by atoms with van der Waals surface area (Å²) in [5.41, 5.74) is 4.21. The number of ether oxygens (including phenoxy) is 5. The highest BCUT2D eigenvalue weighted by Crippen LogP contribution is 2.34. The lowest BCUT2D eigenvalue weighted by Gasteiger charge is -2.28. The summed E-state index contributed by atoms with van der Waals surface area (Å²) in [5, 5.41) is 18.0. The first kappa shape index (κ1) is 30.3. The molecule has 1 aliphatic heterocycles. The number of benzene rings is 2. The molecule has 0 radical (unpaired) electrons. The van der Waals surface area contributed by atoms with Crippen LogP contribution in [0.1, 0.15) is 37.9 Å². The fraction of sp³-hybridized carbons (Fsp3) is 0.321. The molecule has 3 amide bonds. The lowest BCUT2D eigenvalue weighted by molar-refractivity contribution is -0.139. The second-order valence-corrected chi connectivity index (χ2v) is 8.37. The van der Waals surface area contributed by atoms with Crippen LogP contribution in [0.15, 0.2) is 52.8 Å². The van der Waals surface area contributed by atoms with Crippen LogP contribution in [0.2, 0.25) is 0 Å². The smallest absolute Gasteiger partial charge is 0.338 e. The Morgan fingerprint density at radius 2 is 1.80 bits per heavy atom. The highest BCUT2D eigenvalue weighted by Gasteiger charge is 2.32. The molecule has 0 saturated carbocycles. The quantitative estimate of drug-likeness (QED) is 0.188. The molecule has 0 aromatic heterocycles. The van der Waals surface area contributed by atoms with E-state index < -0.39 is 23.9 Å². The Kier molecular flexibility index (Phi) is 10.9. The molecule has 2 aromatic rings. The summed E-state index contributed by atoms with van der Waals surface area (Å²) in [7, 11) is 1.43. The van der Waals surface area contributed by atoms with Gasteiger partial charge in [0, 0.05) is 5.70 Å². The van der Waals surface area contributed by atoms with E-state index in [4.69, 9.17) is 28.9 Å². The number of hydrogen-bond acceptors (Lipinski definition) is 10. The van der Waals surface area contributed by atoms with E-state index in [0.29, 0.717) is 34.9 Å². The number of urea groups is 1. The monoisotopic (exact) mass is 565 g/mol.